The Bertz CT molecular complexity index is 639. The van der Waals surface area contributed by atoms with Gasteiger partial charge in [-0.2, -0.15) is 4.98 Å². The Labute approximate surface area is 138 Å². The van der Waals surface area contributed by atoms with E-state index >= 15 is 0 Å². The lowest BCUT2D eigenvalue weighted by Crippen LogP contribution is -2.38. The standard InChI is InChI=1S/C18H26N4O/c1-13(19-3)12-17-20-18(23-21-17)10-11-22-14(2)8-9-15-6-4-5-7-16(15)22/h4-7,13-14,19H,8-12H2,1-3H3. The van der Waals surface area contributed by atoms with Gasteiger partial charge in [0, 0.05) is 37.2 Å². The Kier molecular flexibility index (Phi) is 4.96. The molecule has 0 saturated carbocycles. The maximum atomic E-state index is 5.41. The third-order valence-corrected chi connectivity index (χ3v) is 4.72. The maximum absolute atomic E-state index is 5.41. The van der Waals surface area contributed by atoms with Crippen molar-refractivity contribution in [2.75, 3.05) is 18.5 Å². The number of para-hydroxylation sites is 1. The number of benzene rings is 1. The van der Waals surface area contributed by atoms with E-state index in [1.807, 2.05) is 7.05 Å². The fraction of sp³-hybridized carbons (Fsp3) is 0.556. The lowest BCUT2D eigenvalue weighted by molar-refractivity contribution is 0.369. The highest BCUT2D eigenvalue weighted by Gasteiger charge is 2.23. The highest BCUT2D eigenvalue weighted by Crippen LogP contribution is 2.30. The molecule has 0 spiro atoms. The van der Waals surface area contributed by atoms with E-state index in [0.717, 1.165) is 31.1 Å². The molecule has 0 saturated heterocycles. The van der Waals surface area contributed by atoms with Crippen LogP contribution in [0.2, 0.25) is 0 Å². The van der Waals surface area contributed by atoms with Crippen LogP contribution in [0.25, 0.3) is 0 Å². The number of nitrogens with one attached hydrogen (secondary N) is 1. The van der Waals surface area contributed by atoms with Gasteiger partial charge in [-0.1, -0.05) is 23.4 Å². The first kappa shape index (κ1) is 16.0. The first-order valence-electron chi connectivity index (χ1n) is 8.50. The van der Waals surface area contributed by atoms with Crippen LogP contribution in [0.15, 0.2) is 28.8 Å². The molecule has 5 heteroatoms. The van der Waals surface area contributed by atoms with Crippen molar-refractivity contribution >= 4 is 5.69 Å². The van der Waals surface area contributed by atoms with Crippen LogP contribution in [0.4, 0.5) is 5.69 Å². The van der Waals surface area contributed by atoms with Gasteiger partial charge >= 0.3 is 0 Å². The maximum Gasteiger partial charge on any atom is 0.228 e. The van der Waals surface area contributed by atoms with E-state index < -0.39 is 0 Å². The minimum Gasteiger partial charge on any atom is -0.368 e. The Morgan fingerprint density at radius 3 is 3.04 bits per heavy atom. The molecule has 1 aliphatic rings. The van der Waals surface area contributed by atoms with Gasteiger partial charge in [0.2, 0.25) is 5.89 Å². The Balaban J connectivity index is 1.64. The van der Waals surface area contributed by atoms with Crippen LogP contribution in [-0.2, 0) is 19.3 Å². The molecule has 124 valence electrons. The van der Waals surface area contributed by atoms with Gasteiger partial charge in [0.25, 0.3) is 0 Å². The molecule has 2 unspecified atom stereocenters. The van der Waals surface area contributed by atoms with Gasteiger partial charge in [0.05, 0.1) is 0 Å². The lowest BCUT2D eigenvalue weighted by atomic mass is 9.96. The first-order valence-corrected chi connectivity index (χ1v) is 8.50. The number of anilines is 1. The molecule has 0 fully saturated rings. The van der Waals surface area contributed by atoms with Crippen molar-refractivity contribution in [1.82, 2.24) is 15.5 Å². The molecular weight excluding hydrogens is 288 g/mol. The zero-order chi connectivity index (χ0) is 16.2. The fourth-order valence-corrected chi connectivity index (χ4v) is 3.17. The second kappa shape index (κ2) is 7.13. The molecule has 1 N–H and O–H groups in total. The largest absolute Gasteiger partial charge is 0.368 e. The van der Waals surface area contributed by atoms with Crippen LogP contribution in [0.3, 0.4) is 0 Å². The zero-order valence-electron chi connectivity index (χ0n) is 14.2. The van der Waals surface area contributed by atoms with E-state index in [0.29, 0.717) is 12.1 Å². The predicted octanol–water partition coefficient (Wildman–Crippen LogP) is 2.60. The molecule has 3 rings (SSSR count). The Hall–Kier alpha value is -1.88. The van der Waals surface area contributed by atoms with Gasteiger partial charge in [-0.05, 0) is 45.4 Å². The summed E-state index contributed by atoms with van der Waals surface area (Å²) in [6.07, 6.45) is 3.95. The van der Waals surface area contributed by atoms with Crippen molar-refractivity contribution < 1.29 is 4.52 Å². The minimum absolute atomic E-state index is 0.356. The number of rotatable bonds is 6. The van der Waals surface area contributed by atoms with Gasteiger partial charge in [-0.15, -0.1) is 0 Å². The number of aryl methyl sites for hydroxylation is 1. The van der Waals surface area contributed by atoms with Crippen LogP contribution in [0, 0.1) is 0 Å². The molecule has 23 heavy (non-hydrogen) atoms. The summed E-state index contributed by atoms with van der Waals surface area (Å²) in [6.45, 7) is 5.33. The molecule has 0 radical (unpaired) electrons. The molecule has 1 aromatic carbocycles. The van der Waals surface area contributed by atoms with Gasteiger partial charge in [0.1, 0.15) is 0 Å². The van der Waals surface area contributed by atoms with Crippen molar-refractivity contribution in [3.63, 3.8) is 0 Å². The number of hydrogen-bond acceptors (Lipinski definition) is 5. The second-order valence-corrected chi connectivity index (χ2v) is 6.46. The predicted molar refractivity (Wildman–Crippen MR) is 91.8 cm³/mol. The van der Waals surface area contributed by atoms with Crippen molar-refractivity contribution in [3.8, 4) is 0 Å². The number of aromatic nitrogens is 2. The molecule has 0 aliphatic carbocycles. The van der Waals surface area contributed by atoms with Crippen molar-refractivity contribution in [2.45, 2.75) is 51.6 Å². The average Bonchev–Trinajstić information content (AvgIpc) is 3.01. The molecule has 2 aromatic rings. The average molecular weight is 314 g/mol. The summed E-state index contributed by atoms with van der Waals surface area (Å²) in [5.74, 6) is 1.52. The van der Waals surface area contributed by atoms with E-state index in [-0.39, 0.29) is 0 Å². The SMILES string of the molecule is CNC(C)Cc1noc(CCN2c3ccccc3CCC2C)n1. The van der Waals surface area contributed by atoms with E-state index in [2.05, 4.69) is 58.5 Å². The van der Waals surface area contributed by atoms with Gasteiger partial charge in [0.15, 0.2) is 5.82 Å². The third kappa shape index (κ3) is 3.72. The molecule has 0 bridgehead atoms. The summed E-state index contributed by atoms with van der Waals surface area (Å²) in [4.78, 5) is 6.99. The number of fused-ring (bicyclic) bond motifs is 1. The van der Waals surface area contributed by atoms with Gasteiger partial charge in [-0.3, -0.25) is 0 Å². The summed E-state index contributed by atoms with van der Waals surface area (Å²) in [6, 6.07) is 9.61. The lowest BCUT2D eigenvalue weighted by Gasteiger charge is -2.36. The molecule has 1 aromatic heterocycles. The quantitative estimate of drug-likeness (QED) is 0.888. The smallest absolute Gasteiger partial charge is 0.228 e. The molecule has 1 aliphatic heterocycles. The molecule has 0 amide bonds. The summed E-state index contributed by atoms with van der Waals surface area (Å²) in [7, 11) is 1.95. The van der Waals surface area contributed by atoms with Crippen LogP contribution in [0.1, 0.15) is 37.5 Å². The van der Waals surface area contributed by atoms with Crippen LogP contribution in [0.5, 0.6) is 0 Å². The Morgan fingerprint density at radius 2 is 2.22 bits per heavy atom. The summed E-state index contributed by atoms with van der Waals surface area (Å²) >= 11 is 0. The highest BCUT2D eigenvalue weighted by atomic mass is 16.5. The first-order chi connectivity index (χ1) is 11.2. The molecule has 5 nitrogen and oxygen atoms in total. The number of likely N-dealkylation sites (N-methyl/N-ethyl adjacent to an activating group) is 1. The highest BCUT2D eigenvalue weighted by molar-refractivity contribution is 5.56. The van der Waals surface area contributed by atoms with E-state index in [1.165, 1.54) is 24.1 Å². The van der Waals surface area contributed by atoms with E-state index in [9.17, 15) is 0 Å². The van der Waals surface area contributed by atoms with Crippen molar-refractivity contribution in [2.24, 2.45) is 0 Å². The van der Waals surface area contributed by atoms with Crippen LogP contribution < -0.4 is 10.2 Å². The van der Waals surface area contributed by atoms with Crippen LogP contribution in [-0.4, -0.2) is 35.8 Å². The Morgan fingerprint density at radius 1 is 1.39 bits per heavy atom. The van der Waals surface area contributed by atoms with Crippen LogP contribution >= 0.6 is 0 Å². The zero-order valence-corrected chi connectivity index (χ0v) is 14.2. The van der Waals surface area contributed by atoms with Gasteiger partial charge in [-0.25, -0.2) is 0 Å². The number of hydrogen-bond donors (Lipinski definition) is 1. The normalized spacial score (nSPS) is 18.7. The molecule has 2 atom stereocenters. The number of nitrogens with zero attached hydrogens (tertiary/aromatic N) is 3. The summed E-state index contributed by atoms with van der Waals surface area (Å²) in [5, 5.41) is 7.28. The molecular formula is C18H26N4O. The van der Waals surface area contributed by atoms with E-state index in [4.69, 9.17) is 4.52 Å². The van der Waals surface area contributed by atoms with Gasteiger partial charge < -0.3 is 14.7 Å². The minimum atomic E-state index is 0.356. The van der Waals surface area contributed by atoms with Crippen molar-refractivity contribution in [3.05, 3.63) is 41.5 Å². The second-order valence-electron chi connectivity index (χ2n) is 6.46. The topological polar surface area (TPSA) is 54.2 Å². The van der Waals surface area contributed by atoms with E-state index in [1.54, 1.807) is 0 Å². The monoisotopic (exact) mass is 314 g/mol. The summed E-state index contributed by atoms with van der Waals surface area (Å²) < 4.78 is 5.41. The fourth-order valence-electron chi connectivity index (χ4n) is 3.17. The third-order valence-electron chi connectivity index (χ3n) is 4.72. The molecule has 2 heterocycles. The van der Waals surface area contributed by atoms with Crippen molar-refractivity contribution in [1.29, 1.82) is 0 Å². The summed E-state index contributed by atoms with van der Waals surface area (Å²) in [5.41, 5.74) is 2.80.